The van der Waals surface area contributed by atoms with Gasteiger partial charge < -0.3 is 64.2 Å². The Morgan fingerprint density at radius 3 is 1.04 bits per heavy atom. The lowest BCUT2D eigenvalue weighted by atomic mass is 9.98. The molecule has 2 saturated heterocycles. The third-order valence-corrected chi connectivity index (χ3v) is 15.3. The zero-order valence-electron chi connectivity index (χ0n) is 47.6. The van der Waals surface area contributed by atoms with Gasteiger partial charge in [-0.25, -0.2) is 0 Å². The van der Waals surface area contributed by atoms with Crippen molar-refractivity contribution in [3.05, 3.63) is 0 Å². The molecule has 0 aromatic heterocycles. The summed E-state index contributed by atoms with van der Waals surface area (Å²) in [5.41, 5.74) is 0. The van der Waals surface area contributed by atoms with Crippen molar-refractivity contribution in [1.29, 1.82) is 0 Å². The molecule has 11 atom stereocenters. The monoisotopic (exact) mass is 1070 g/mol. The Hall–Kier alpha value is -1.50. The van der Waals surface area contributed by atoms with E-state index in [4.69, 9.17) is 28.4 Å². The number of esters is 2. The predicted octanol–water partition coefficient (Wildman–Crippen LogP) is 11.1. The Morgan fingerprint density at radius 1 is 0.373 bits per heavy atom. The fourth-order valence-electron chi connectivity index (χ4n) is 10.3. The summed E-state index contributed by atoms with van der Waals surface area (Å²) >= 11 is 0. The second kappa shape index (κ2) is 47.3. The van der Waals surface area contributed by atoms with Crippen molar-refractivity contribution in [2.45, 2.75) is 345 Å². The Bertz CT molecular complexity index is 1310. The molecule has 0 aromatic rings. The van der Waals surface area contributed by atoms with Gasteiger partial charge in [-0.05, 0) is 12.8 Å². The van der Waals surface area contributed by atoms with Gasteiger partial charge in [0, 0.05) is 12.8 Å². The van der Waals surface area contributed by atoms with Crippen molar-refractivity contribution < 1.29 is 73.8 Å². The summed E-state index contributed by atoms with van der Waals surface area (Å²) in [4.78, 5) is 25.9. The van der Waals surface area contributed by atoms with Gasteiger partial charge in [0.2, 0.25) is 0 Å². The van der Waals surface area contributed by atoms with Crippen molar-refractivity contribution in [1.82, 2.24) is 0 Å². The van der Waals surface area contributed by atoms with E-state index in [1.54, 1.807) is 0 Å². The molecule has 0 spiro atoms. The molecule has 2 fully saturated rings. The molecule has 2 rings (SSSR count). The summed E-state index contributed by atoms with van der Waals surface area (Å²) < 4.78 is 33.8. The van der Waals surface area contributed by atoms with Crippen LogP contribution < -0.4 is 0 Å². The summed E-state index contributed by atoms with van der Waals surface area (Å²) in [5.74, 6) is -0.901. The molecule has 2 aliphatic rings. The second-order valence-corrected chi connectivity index (χ2v) is 22.3. The van der Waals surface area contributed by atoms with Crippen LogP contribution in [0.1, 0.15) is 277 Å². The number of aliphatic hydroxyl groups is 7. The molecule has 0 radical (unpaired) electrons. The van der Waals surface area contributed by atoms with Gasteiger partial charge in [-0.15, -0.1) is 0 Å². The number of rotatable bonds is 51. The quantitative estimate of drug-likeness (QED) is 0.0222. The van der Waals surface area contributed by atoms with Gasteiger partial charge in [-0.1, -0.05) is 251 Å². The molecule has 0 saturated carbocycles. The average molecular weight is 1080 g/mol. The van der Waals surface area contributed by atoms with Crippen LogP contribution in [0.3, 0.4) is 0 Å². The summed E-state index contributed by atoms with van der Waals surface area (Å²) in [6.07, 6.45) is 32.7. The molecule has 15 heteroatoms. The Labute approximate surface area is 455 Å². The van der Waals surface area contributed by atoms with Crippen LogP contribution in [-0.2, 0) is 38.0 Å². The summed E-state index contributed by atoms with van der Waals surface area (Å²) in [5, 5.41) is 72.4. The first-order chi connectivity index (χ1) is 36.5. The molecule has 2 heterocycles. The highest BCUT2D eigenvalue weighted by molar-refractivity contribution is 5.70. The molecule has 0 amide bonds. The average Bonchev–Trinajstić information content (AvgIpc) is 3.40. The number of hydrogen-bond acceptors (Lipinski definition) is 15. The molecule has 444 valence electrons. The van der Waals surface area contributed by atoms with E-state index in [1.807, 2.05) is 0 Å². The van der Waals surface area contributed by atoms with Crippen molar-refractivity contribution in [3.63, 3.8) is 0 Å². The predicted molar refractivity (Wildman–Crippen MR) is 294 cm³/mol. The highest BCUT2D eigenvalue weighted by Gasteiger charge is 2.47. The standard InChI is InChI=1S/C60H114O15/c1-3-5-7-9-11-13-15-17-19-21-22-23-24-25-27-29-31-33-35-37-39-41-43-52(63)73-48(45-70-51(62)42-40-38-36-34-32-30-28-26-20-18-16-14-12-10-8-6-4-2)46-71-59-58(69)56(67)54(65)50(75-59)47-72-60-57(68)55(66)53(64)49(44-61)74-60/h48-50,53-61,64-69H,3-47H2,1-2H3/t48-,49+,50+,53-,54-,55?,56?,57?,58?,59+,60+/m1/s1. The van der Waals surface area contributed by atoms with Gasteiger partial charge in [0.15, 0.2) is 18.7 Å². The SMILES string of the molecule is CCCCCCCCCCCCCCCCCCCCCCCCC(=O)O[C@H](COC(=O)CCCCCCCCCCCCCCCCCCC)CO[C@H]1O[C@@H](CO[C@H]2O[C@@H](CO)[C@@H](O)C(O)C2O)[C@@H](O)C(O)C1O. The van der Waals surface area contributed by atoms with Gasteiger partial charge in [0.25, 0.3) is 0 Å². The second-order valence-electron chi connectivity index (χ2n) is 22.3. The van der Waals surface area contributed by atoms with E-state index >= 15 is 0 Å². The lowest BCUT2D eigenvalue weighted by Gasteiger charge is -2.42. The van der Waals surface area contributed by atoms with Crippen LogP contribution >= 0.6 is 0 Å². The van der Waals surface area contributed by atoms with E-state index in [0.717, 1.165) is 38.5 Å². The maximum Gasteiger partial charge on any atom is 0.306 e. The number of ether oxygens (including phenoxy) is 6. The first-order valence-electron chi connectivity index (χ1n) is 31.1. The molecule has 0 aliphatic carbocycles. The zero-order valence-corrected chi connectivity index (χ0v) is 47.6. The molecule has 4 unspecified atom stereocenters. The Kier molecular flexibility index (Phi) is 43.9. The van der Waals surface area contributed by atoms with Crippen molar-refractivity contribution >= 4 is 11.9 Å². The topological polar surface area (TPSA) is 231 Å². The Morgan fingerprint density at radius 2 is 0.680 bits per heavy atom. The fraction of sp³-hybridized carbons (Fsp3) is 0.967. The van der Waals surface area contributed by atoms with Crippen LogP contribution in [-0.4, -0.2) is 142 Å². The van der Waals surface area contributed by atoms with Gasteiger partial charge in [0.1, 0.15) is 55.4 Å². The number of aliphatic hydroxyl groups excluding tert-OH is 7. The molecule has 7 N–H and O–H groups in total. The third-order valence-electron chi connectivity index (χ3n) is 15.3. The number of carbonyl (C=O) groups excluding carboxylic acids is 2. The minimum atomic E-state index is -1.76. The number of unbranched alkanes of at least 4 members (excludes halogenated alkanes) is 37. The fourth-order valence-corrected chi connectivity index (χ4v) is 10.3. The van der Waals surface area contributed by atoms with Crippen LogP contribution in [0, 0.1) is 0 Å². The maximum absolute atomic E-state index is 13.1. The van der Waals surface area contributed by atoms with E-state index in [9.17, 15) is 45.3 Å². The van der Waals surface area contributed by atoms with E-state index < -0.39 is 92.7 Å². The Balaban J connectivity index is 1.71. The minimum absolute atomic E-state index is 0.174. The third kappa shape index (κ3) is 34.3. The lowest BCUT2D eigenvalue weighted by molar-refractivity contribution is -0.332. The van der Waals surface area contributed by atoms with Crippen LogP contribution in [0.2, 0.25) is 0 Å². The lowest BCUT2D eigenvalue weighted by Crippen LogP contribution is -2.61. The first kappa shape index (κ1) is 69.6. The van der Waals surface area contributed by atoms with E-state index in [0.29, 0.717) is 12.8 Å². The smallest absolute Gasteiger partial charge is 0.306 e. The number of hydrogen-bond donors (Lipinski definition) is 7. The van der Waals surface area contributed by atoms with Crippen LogP contribution in [0.4, 0.5) is 0 Å². The molecule has 75 heavy (non-hydrogen) atoms. The van der Waals surface area contributed by atoms with E-state index in [2.05, 4.69) is 13.8 Å². The van der Waals surface area contributed by atoms with Crippen molar-refractivity contribution in [3.8, 4) is 0 Å². The van der Waals surface area contributed by atoms with Gasteiger partial charge in [-0.3, -0.25) is 9.59 Å². The molecule has 0 aromatic carbocycles. The van der Waals surface area contributed by atoms with Crippen LogP contribution in [0.5, 0.6) is 0 Å². The number of carbonyl (C=O) groups is 2. The van der Waals surface area contributed by atoms with Gasteiger partial charge in [-0.2, -0.15) is 0 Å². The molecule has 0 bridgehead atoms. The van der Waals surface area contributed by atoms with Crippen molar-refractivity contribution in [2.75, 3.05) is 26.4 Å². The normalized spacial score (nSPS) is 24.4. The minimum Gasteiger partial charge on any atom is -0.462 e. The summed E-state index contributed by atoms with van der Waals surface area (Å²) in [7, 11) is 0. The highest BCUT2D eigenvalue weighted by Crippen LogP contribution is 2.27. The van der Waals surface area contributed by atoms with Gasteiger partial charge >= 0.3 is 11.9 Å². The molecular weight excluding hydrogens is 961 g/mol. The summed E-state index contributed by atoms with van der Waals surface area (Å²) in [6.45, 7) is 2.67. The maximum atomic E-state index is 13.1. The van der Waals surface area contributed by atoms with E-state index in [1.165, 1.54) is 199 Å². The summed E-state index contributed by atoms with van der Waals surface area (Å²) in [6, 6.07) is 0. The molecule has 15 nitrogen and oxygen atoms in total. The molecular formula is C60H114O15. The van der Waals surface area contributed by atoms with Gasteiger partial charge in [0.05, 0.1) is 19.8 Å². The van der Waals surface area contributed by atoms with Crippen LogP contribution in [0.25, 0.3) is 0 Å². The largest absolute Gasteiger partial charge is 0.462 e. The first-order valence-corrected chi connectivity index (χ1v) is 31.1. The van der Waals surface area contributed by atoms with Crippen LogP contribution in [0.15, 0.2) is 0 Å². The van der Waals surface area contributed by atoms with Crippen molar-refractivity contribution in [2.24, 2.45) is 0 Å². The van der Waals surface area contributed by atoms with E-state index in [-0.39, 0.29) is 26.1 Å². The zero-order chi connectivity index (χ0) is 54.6. The molecule has 2 aliphatic heterocycles. The highest BCUT2D eigenvalue weighted by atomic mass is 16.7.